The predicted octanol–water partition coefficient (Wildman–Crippen LogP) is 4.04. The molecule has 2 atom stereocenters. The molecular formula is C14H24O2. The van der Waals surface area contributed by atoms with Crippen molar-refractivity contribution < 1.29 is 9.90 Å². The number of carbonyl (C=O) groups is 1. The van der Waals surface area contributed by atoms with Crippen LogP contribution in [0.25, 0.3) is 0 Å². The molecule has 0 amide bonds. The van der Waals surface area contributed by atoms with Crippen LogP contribution in [-0.2, 0) is 4.79 Å². The summed E-state index contributed by atoms with van der Waals surface area (Å²) in [6.45, 7) is 5.81. The molecule has 0 saturated carbocycles. The maximum atomic E-state index is 10.7. The average molecular weight is 224 g/mol. The summed E-state index contributed by atoms with van der Waals surface area (Å²) in [5.74, 6) is -0.682. The Morgan fingerprint density at radius 2 is 1.69 bits per heavy atom. The maximum absolute atomic E-state index is 10.7. The molecule has 0 aliphatic rings. The van der Waals surface area contributed by atoms with Crippen LogP contribution in [0.3, 0.4) is 0 Å². The van der Waals surface area contributed by atoms with E-state index in [0.717, 1.165) is 25.7 Å². The fraction of sp³-hybridized carbons (Fsp3) is 0.643. The molecule has 2 nitrogen and oxygen atoms in total. The largest absolute Gasteiger partial charge is 0.481 e. The molecule has 16 heavy (non-hydrogen) atoms. The summed E-state index contributed by atoms with van der Waals surface area (Å²) >= 11 is 0. The van der Waals surface area contributed by atoms with Gasteiger partial charge in [-0.2, -0.15) is 0 Å². The Kier molecular flexibility index (Phi) is 8.59. The van der Waals surface area contributed by atoms with Crippen LogP contribution in [0.15, 0.2) is 24.3 Å². The number of hydrogen-bond acceptors (Lipinski definition) is 1. The van der Waals surface area contributed by atoms with Gasteiger partial charge in [-0.1, -0.05) is 38.2 Å². The number of allylic oxidation sites excluding steroid dienone is 4. The zero-order valence-corrected chi connectivity index (χ0v) is 10.6. The monoisotopic (exact) mass is 224 g/mol. The van der Waals surface area contributed by atoms with Gasteiger partial charge in [-0.05, 0) is 38.5 Å². The van der Waals surface area contributed by atoms with Crippen LogP contribution >= 0.6 is 0 Å². The van der Waals surface area contributed by atoms with E-state index in [0.29, 0.717) is 0 Å². The lowest BCUT2D eigenvalue weighted by molar-refractivity contribution is -0.142. The molecule has 0 heterocycles. The summed E-state index contributed by atoms with van der Waals surface area (Å²) in [5, 5.41) is 8.83. The summed E-state index contributed by atoms with van der Waals surface area (Å²) < 4.78 is 0. The number of rotatable bonds is 8. The second-order valence-corrected chi connectivity index (χ2v) is 4.30. The van der Waals surface area contributed by atoms with E-state index < -0.39 is 5.97 Å². The van der Waals surface area contributed by atoms with Gasteiger partial charge in [-0.3, -0.25) is 4.79 Å². The number of carboxylic acids is 1. The van der Waals surface area contributed by atoms with Gasteiger partial charge in [0.2, 0.25) is 0 Å². The number of carboxylic acid groups (broad SMARTS) is 1. The predicted molar refractivity (Wildman–Crippen MR) is 68.4 cm³/mol. The summed E-state index contributed by atoms with van der Waals surface area (Å²) in [6, 6.07) is 0. The summed E-state index contributed by atoms with van der Waals surface area (Å²) in [4.78, 5) is 10.7. The van der Waals surface area contributed by atoms with Crippen LogP contribution in [0, 0.1) is 11.8 Å². The van der Waals surface area contributed by atoms with E-state index in [1.807, 2.05) is 13.8 Å². The van der Waals surface area contributed by atoms with Crippen LogP contribution < -0.4 is 0 Å². The van der Waals surface area contributed by atoms with Crippen molar-refractivity contribution in [2.24, 2.45) is 11.8 Å². The first-order valence-corrected chi connectivity index (χ1v) is 6.08. The third kappa shape index (κ3) is 7.27. The molecule has 2 unspecified atom stereocenters. The first kappa shape index (κ1) is 14.9. The van der Waals surface area contributed by atoms with E-state index in [9.17, 15) is 4.79 Å². The van der Waals surface area contributed by atoms with Crippen molar-refractivity contribution in [2.45, 2.75) is 46.5 Å². The van der Waals surface area contributed by atoms with E-state index in [-0.39, 0.29) is 11.8 Å². The topological polar surface area (TPSA) is 37.3 Å². The molecule has 0 rings (SSSR count). The normalized spacial score (nSPS) is 15.7. The van der Waals surface area contributed by atoms with Crippen molar-refractivity contribution in [3.63, 3.8) is 0 Å². The molecule has 0 aliphatic heterocycles. The Labute approximate surface area is 99.1 Å². The summed E-state index contributed by atoms with van der Waals surface area (Å²) in [5.41, 5.74) is 0. The van der Waals surface area contributed by atoms with E-state index in [4.69, 9.17) is 5.11 Å². The molecule has 0 aromatic carbocycles. The minimum absolute atomic E-state index is 0.239. The fourth-order valence-corrected chi connectivity index (χ4v) is 1.45. The molecule has 1 N–H and O–H groups in total. The van der Waals surface area contributed by atoms with E-state index >= 15 is 0 Å². The highest BCUT2D eigenvalue weighted by Crippen LogP contribution is 2.17. The molecule has 0 saturated heterocycles. The molecule has 0 bridgehead atoms. The van der Waals surface area contributed by atoms with Crippen molar-refractivity contribution >= 4 is 5.97 Å². The summed E-state index contributed by atoms with van der Waals surface area (Å²) in [7, 11) is 0. The number of hydrogen-bond donors (Lipinski definition) is 1. The van der Waals surface area contributed by atoms with Gasteiger partial charge in [-0.15, -0.1) is 0 Å². The van der Waals surface area contributed by atoms with Crippen LogP contribution in [0.1, 0.15) is 46.5 Å². The second-order valence-electron chi connectivity index (χ2n) is 4.30. The minimum Gasteiger partial charge on any atom is -0.481 e. The van der Waals surface area contributed by atoms with Gasteiger partial charge < -0.3 is 5.11 Å². The van der Waals surface area contributed by atoms with Crippen LogP contribution in [0.2, 0.25) is 0 Å². The average Bonchev–Trinajstić information content (AvgIpc) is 2.26. The maximum Gasteiger partial charge on any atom is 0.306 e. The number of aliphatic carboxylic acids is 1. The molecule has 0 radical (unpaired) electrons. The Morgan fingerprint density at radius 1 is 1.12 bits per heavy atom. The van der Waals surface area contributed by atoms with Crippen LogP contribution in [-0.4, -0.2) is 11.1 Å². The quantitative estimate of drug-likeness (QED) is 0.499. The van der Waals surface area contributed by atoms with E-state index in [1.54, 1.807) is 6.92 Å². The molecule has 0 spiro atoms. The lowest BCUT2D eigenvalue weighted by Gasteiger charge is -2.14. The molecule has 2 heteroatoms. The van der Waals surface area contributed by atoms with Crippen molar-refractivity contribution in [2.75, 3.05) is 0 Å². The third-order valence-electron chi connectivity index (χ3n) is 2.93. The minimum atomic E-state index is -0.690. The molecule has 0 aromatic heterocycles. The lowest BCUT2D eigenvalue weighted by atomic mass is 9.92. The first-order valence-electron chi connectivity index (χ1n) is 6.08. The highest BCUT2D eigenvalue weighted by Gasteiger charge is 2.17. The highest BCUT2D eigenvalue weighted by atomic mass is 16.4. The zero-order chi connectivity index (χ0) is 12.4. The van der Waals surface area contributed by atoms with Gasteiger partial charge in [0, 0.05) is 0 Å². The molecular weight excluding hydrogens is 200 g/mol. The Morgan fingerprint density at radius 3 is 2.25 bits per heavy atom. The Balaban J connectivity index is 3.61. The fourth-order valence-electron chi connectivity index (χ4n) is 1.45. The lowest BCUT2D eigenvalue weighted by Crippen LogP contribution is -2.17. The molecule has 0 aromatic rings. The van der Waals surface area contributed by atoms with Crippen molar-refractivity contribution in [3.8, 4) is 0 Å². The standard InChI is InChI=1S/C14H24O2/c1-4-5-6-7-8-9-10-11-12(2)13(3)14(15)16/h4-5,8-9,12-13H,6-7,10-11H2,1-3H3,(H,15,16)/b5-4+,9-8+. The van der Waals surface area contributed by atoms with Gasteiger partial charge in [0.15, 0.2) is 0 Å². The van der Waals surface area contributed by atoms with Gasteiger partial charge in [0.1, 0.15) is 0 Å². The van der Waals surface area contributed by atoms with E-state index in [1.165, 1.54) is 0 Å². The SMILES string of the molecule is C/C=C/CC/C=C/CCC(C)C(C)C(=O)O. The van der Waals surface area contributed by atoms with Crippen LogP contribution in [0.5, 0.6) is 0 Å². The van der Waals surface area contributed by atoms with Crippen molar-refractivity contribution in [1.29, 1.82) is 0 Å². The number of unbranched alkanes of at least 4 members (excludes halogenated alkanes) is 1. The second kappa shape index (κ2) is 9.20. The zero-order valence-electron chi connectivity index (χ0n) is 10.6. The smallest absolute Gasteiger partial charge is 0.306 e. The van der Waals surface area contributed by atoms with Gasteiger partial charge >= 0.3 is 5.97 Å². The highest BCUT2D eigenvalue weighted by molar-refractivity contribution is 5.69. The third-order valence-corrected chi connectivity index (χ3v) is 2.93. The Hall–Kier alpha value is -1.05. The first-order chi connectivity index (χ1) is 7.59. The van der Waals surface area contributed by atoms with Gasteiger partial charge in [0.05, 0.1) is 5.92 Å². The van der Waals surface area contributed by atoms with Gasteiger partial charge in [-0.25, -0.2) is 0 Å². The molecule has 0 fully saturated rings. The summed E-state index contributed by atoms with van der Waals surface area (Å²) in [6.07, 6.45) is 12.7. The van der Waals surface area contributed by atoms with Gasteiger partial charge in [0.25, 0.3) is 0 Å². The van der Waals surface area contributed by atoms with Crippen LogP contribution in [0.4, 0.5) is 0 Å². The molecule has 92 valence electrons. The van der Waals surface area contributed by atoms with E-state index in [2.05, 4.69) is 24.3 Å². The van der Waals surface area contributed by atoms with Crippen molar-refractivity contribution in [1.82, 2.24) is 0 Å². The van der Waals surface area contributed by atoms with Crippen molar-refractivity contribution in [3.05, 3.63) is 24.3 Å². The Bertz CT molecular complexity index is 241. The molecule has 0 aliphatic carbocycles.